The number of ether oxygens (including phenoxy) is 1. The molecule has 29 heavy (non-hydrogen) atoms. The van der Waals surface area contributed by atoms with Gasteiger partial charge in [-0.1, -0.05) is 23.7 Å². The molecule has 150 valence electrons. The van der Waals surface area contributed by atoms with E-state index in [-0.39, 0.29) is 21.4 Å². The number of alkyl halides is 3. The van der Waals surface area contributed by atoms with Gasteiger partial charge in [0.1, 0.15) is 11.3 Å². The van der Waals surface area contributed by atoms with E-state index in [1.807, 2.05) is 0 Å². The second-order valence-electron chi connectivity index (χ2n) is 5.90. The number of hydrogen-bond acceptors (Lipinski definition) is 4. The molecular formula is C19H12ClF3N2O3S. The monoisotopic (exact) mass is 440 g/mol. The van der Waals surface area contributed by atoms with E-state index in [4.69, 9.17) is 28.6 Å². The van der Waals surface area contributed by atoms with Crippen molar-refractivity contribution in [2.24, 2.45) is 0 Å². The zero-order valence-electron chi connectivity index (χ0n) is 14.7. The first-order valence-corrected chi connectivity index (χ1v) is 8.82. The second-order valence-corrected chi connectivity index (χ2v) is 6.69. The van der Waals surface area contributed by atoms with Crippen molar-refractivity contribution < 1.29 is 27.5 Å². The van der Waals surface area contributed by atoms with Gasteiger partial charge in [-0.3, -0.25) is 19.8 Å². The van der Waals surface area contributed by atoms with Crippen LogP contribution in [-0.4, -0.2) is 24.0 Å². The third-order valence-corrected chi connectivity index (χ3v) is 4.60. The summed E-state index contributed by atoms with van der Waals surface area (Å²) < 4.78 is 44.1. The van der Waals surface area contributed by atoms with E-state index < -0.39 is 23.6 Å². The molecule has 0 spiro atoms. The lowest BCUT2D eigenvalue weighted by atomic mass is 10.1. The van der Waals surface area contributed by atoms with E-state index in [1.54, 1.807) is 12.1 Å². The van der Waals surface area contributed by atoms with Crippen molar-refractivity contribution in [3.8, 4) is 5.75 Å². The maximum absolute atomic E-state index is 13.0. The van der Waals surface area contributed by atoms with Gasteiger partial charge >= 0.3 is 6.18 Å². The minimum atomic E-state index is -4.60. The van der Waals surface area contributed by atoms with Crippen molar-refractivity contribution in [1.29, 1.82) is 0 Å². The SMILES string of the molecule is COc1ccc(/C=C2\C(=O)NC(=S)N(c3cccc(C(F)(F)F)c3)C2=O)cc1Cl. The van der Waals surface area contributed by atoms with Crippen LogP contribution in [0.1, 0.15) is 11.1 Å². The first-order valence-electron chi connectivity index (χ1n) is 8.04. The fourth-order valence-electron chi connectivity index (χ4n) is 2.65. The molecule has 2 amide bonds. The van der Waals surface area contributed by atoms with Gasteiger partial charge in [0.15, 0.2) is 5.11 Å². The van der Waals surface area contributed by atoms with E-state index in [2.05, 4.69) is 5.32 Å². The van der Waals surface area contributed by atoms with Gasteiger partial charge in [0.05, 0.1) is 23.4 Å². The molecule has 10 heteroatoms. The van der Waals surface area contributed by atoms with Gasteiger partial charge in [-0.25, -0.2) is 0 Å². The Morgan fingerprint density at radius 3 is 2.52 bits per heavy atom. The smallest absolute Gasteiger partial charge is 0.416 e. The molecule has 0 atom stereocenters. The van der Waals surface area contributed by atoms with Gasteiger partial charge in [0.25, 0.3) is 11.8 Å². The number of carbonyl (C=O) groups is 2. The van der Waals surface area contributed by atoms with Crippen molar-refractivity contribution in [2.75, 3.05) is 12.0 Å². The Kier molecular flexibility index (Phi) is 5.63. The lowest BCUT2D eigenvalue weighted by Crippen LogP contribution is -2.54. The highest BCUT2D eigenvalue weighted by Gasteiger charge is 2.36. The van der Waals surface area contributed by atoms with E-state index in [0.29, 0.717) is 11.3 Å². The van der Waals surface area contributed by atoms with Crippen LogP contribution in [0, 0.1) is 0 Å². The average molecular weight is 441 g/mol. The Morgan fingerprint density at radius 2 is 1.90 bits per heavy atom. The molecule has 1 fully saturated rings. The highest BCUT2D eigenvalue weighted by atomic mass is 35.5. The predicted molar refractivity (Wildman–Crippen MR) is 106 cm³/mol. The molecule has 3 rings (SSSR count). The molecule has 1 N–H and O–H groups in total. The summed E-state index contributed by atoms with van der Waals surface area (Å²) in [5.41, 5.74) is -0.952. The summed E-state index contributed by atoms with van der Waals surface area (Å²) in [5, 5.41) is 2.26. The summed E-state index contributed by atoms with van der Waals surface area (Å²) in [5.74, 6) is -1.22. The first kappa shape index (κ1) is 20.8. The van der Waals surface area contributed by atoms with Crippen LogP contribution in [0.5, 0.6) is 5.75 Å². The lowest BCUT2D eigenvalue weighted by Gasteiger charge is -2.29. The first-order chi connectivity index (χ1) is 13.6. The van der Waals surface area contributed by atoms with E-state index >= 15 is 0 Å². The minimum absolute atomic E-state index is 0.117. The third-order valence-electron chi connectivity index (χ3n) is 4.02. The zero-order chi connectivity index (χ0) is 21.3. The molecule has 0 saturated carbocycles. The Hall–Kier alpha value is -2.91. The van der Waals surface area contributed by atoms with Crippen LogP contribution < -0.4 is 15.0 Å². The lowest BCUT2D eigenvalue weighted by molar-refractivity contribution is -0.137. The Bertz CT molecular complexity index is 1050. The van der Waals surface area contributed by atoms with Crippen LogP contribution in [0.3, 0.4) is 0 Å². The molecule has 0 bridgehead atoms. The highest BCUT2D eigenvalue weighted by Crippen LogP contribution is 2.33. The number of carbonyl (C=O) groups excluding carboxylic acids is 2. The van der Waals surface area contributed by atoms with Gasteiger partial charge in [0, 0.05) is 0 Å². The number of nitrogens with one attached hydrogen (secondary N) is 1. The number of anilines is 1. The van der Waals surface area contributed by atoms with Crippen LogP contribution >= 0.6 is 23.8 Å². The standard InChI is InChI=1S/C19H12ClF3N2O3S/c1-28-15-6-5-10(8-14(15)20)7-13-16(26)24-18(29)25(17(13)27)12-4-2-3-11(9-12)19(21,22)23/h2-9H,1H3,(H,24,26,29)/b13-7+. The average Bonchev–Trinajstić information content (AvgIpc) is 2.65. The number of benzene rings is 2. The van der Waals surface area contributed by atoms with Gasteiger partial charge in [-0.05, 0) is 54.2 Å². The molecule has 1 aliphatic heterocycles. The Labute approximate surface area is 173 Å². The molecule has 2 aromatic carbocycles. The largest absolute Gasteiger partial charge is 0.495 e. The molecule has 0 aliphatic carbocycles. The molecule has 0 aromatic heterocycles. The summed E-state index contributed by atoms with van der Waals surface area (Å²) in [7, 11) is 1.44. The Balaban J connectivity index is 2.02. The normalized spacial score (nSPS) is 16.2. The second kappa shape index (κ2) is 7.84. The van der Waals surface area contributed by atoms with Crippen LogP contribution in [-0.2, 0) is 15.8 Å². The van der Waals surface area contributed by atoms with Crippen LogP contribution in [0.25, 0.3) is 6.08 Å². The molecule has 0 radical (unpaired) electrons. The van der Waals surface area contributed by atoms with Gasteiger partial charge in [-0.2, -0.15) is 13.2 Å². The number of rotatable bonds is 3. The maximum Gasteiger partial charge on any atom is 0.416 e. The number of nitrogens with zero attached hydrogens (tertiary/aromatic N) is 1. The molecule has 1 heterocycles. The summed E-state index contributed by atoms with van der Waals surface area (Å²) in [4.78, 5) is 26.0. The van der Waals surface area contributed by atoms with Crippen LogP contribution in [0.4, 0.5) is 18.9 Å². The van der Waals surface area contributed by atoms with Gasteiger partial charge in [-0.15, -0.1) is 0 Å². The van der Waals surface area contributed by atoms with Crippen molar-refractivity contribution in [2.45, 2.75) is 6.18 Å². The molecule has 1 saturated heterocycles. The quantitative estimate of drug-likeness (QED) is 0.441. The van der Waals surface area contributed by atoms with E-state index in [9.17, 15) is 22.8 Å². The number of halogens is 4. The molecule has 5 nitrogen and oxygen atoms in total. The predicted octanol–water partition coefficient (Wildman–Crippen LogP) is 4.20. The maximum atomic E-state index is 13.0. The fourth-order valence-corrected chi connectivity index (χ4v) is 3.20. The zero-order valence-corrected chi connectivity index (χ0v) is 16.3. The molecular weight excluding hydrogens is 429 g/mol. The highest BCUT2D eigenvalue weighted by molar-refractivity contribution is 7.80. The van der Waals surface area contributed by atoms with E-state index in [0.717, 1.165) is 23.1 Å². The van der Waals surface area contributed by atoms with Crippen LogP contribution in [0.15, 0.2) is 48.0 Å². The van der Waals surface area contributed by atoms with E-state index in [1.165, 1.54) is 25.3 Å². The third kappa shape index (κ3) is 4.25. The van der Waals surface area contributed by atoms with Crippen molar-refractivity contribution >= 4 is 52.5 Å². The van der Waals surface area contributed by atoms with Gasteiger partial charge in [0.2, 0.25) is 0 Å². The van der Waals surface area contributed by atoms with Crippen LogP contribution in [0.2, 0.25) is 5.02 Å². The summed E-state index contributed by atoms with van der Waals surface area (Å²) in [6.07, 6.45) is -3.33. The topological polar surface area (TPSA) is 58.6 Å². The van der Waals surface area contributed by atoms with Crippen molar-refractivity contribution in [3.05, 3.63) is 64.2 Å². The number of thiocarbonyl (C=S) groups is 1. The summed E-state index contributed by atoms with van der Waals surface area (Å²) in [6, 6.07) is 8.69. The van der Waals surface area contributed by atoms with Gasteiger partial charge < -0.3 is 4.74 Å². The van der Waals surface area contributed by atoms with Crippen molar-refractivity contribution in [3.63, 3.8) is 0 Å². The molecule has 2 aromatic rings. The Morgan fingerprint density at radius 1 is 1.17 bits per heavy atom. The summed E-state index contributed by atoms with van der Waals surface area (Å²) in [6.45, 7) is 0. The summed E-state index contributed by atoms with van der Waals surface area (Å²) >= 11 is 11.0. The number of amides is 2. The van der Waals surface area contributed by atoms with Crippen molar-refractivity contribution in [1.82, 2.24) is 5.32 Å². The molecule has 1 aliphatic rings. The number of methoxy groups -OCH3 is 1. The minimum Gasteiger partial charge on any atom is -0.495 e. The fraction of sp³-hybridized carbons (Fsp3) is 0.105. The molecule has 0 unspecified atom stereocenters. The number of hydrogen-bond donors (Lipinski definition) is 1.